The predicted octanol–water partition coefficient (Wildman–Crippen LogP) is 0.465. The second-order valence-electron chi connectivity index (χ2n) is 4.51. The van der Waals surface area contributed by atoms with Gasteiger partial charge in [0.25, 0.3) is 0 Å². The largest absolute Gasteiger partial charge is 0.466 e. The van der Waals surface area contributed by atoms with Crippen molar-refractivity contribution >= 4 is 5.97 Å². The lowest BCUT2D eigenvalue weighted by atomic mass is 10.1. The monoisotopic (exact) mass is 214 g/mol. The van der Waals surface area contributed by atoms with Crippen molar-refractivity contribution in [1.82, 2.24) is 4.90 Å². The summed E-state index contributed by atoms with van der Waals surface area (Å²) in [6.07, 6.45) is 0. The summed E-state index contributed by atoms with van der Waals surface area (Å²) >= 11 is 0. The topological polar surface area (TPSA) is 55.6 Å². The third-order valence-electron chi connectivity index (χ3n) is 2.97. The van der Waals surface area contributed by atoms with Gasteiger partial charge in [0.15, 0.2) is 0 Å². The number of esters is 1. The zero-order valence-corrected chi connectivity index (χ0v) is 9.90. The second kappa shape index (κ2) is 5.47. The third-order valence-corrected chi connectivity index (χ3v) is 2.97. The van der Waals surface area contributed by atoms with Gasteiger partial charge in [-0.15, -0.1) is 0 Å². The number of carbonyl (C=O) groups excluding carboxylic acids is 1. The van der Waals surface area contributed by atoms with Crippen molar-refractivity contribution < 1.29 is 9.53 Å². The van der Waals surface area contributed by atoms with Gasteiger partial charge in [-0.1, -0.05) is 13.8 Å². The molecule has 0 spiro atoms. The first-order chi connectivity index (χ1) is 7.04. The quantitative estimate of drug-likeness (QED) is 0.691. The van der Waals surface area contributed by atoms with Crippen LogP contribution in [-0.2, 0) is 9.53 Å². The molecular formula is C11H22N2O2. The molecule has 1 aliphatic rings. The maximum atomic E-state index is 11.4. The molecule has 0 amide bonds. The highest BCUT2D eigenvalue weighted by molar-refractivity contribution is 5.72. The van der Waals surface area contributed by atoms with E-state index in [-0.39, 0.29) is 17.9 Å². The van der Waals surface area contributed by atoms with Crippen LogP contribution in [0.1, 0.15) is 20.8 Å². The van der Waals surface area contributed by atoms with E-state index in [0.717, 1.165) is 19.6 Å². The van der Waals surface area contributed by atoms with Crippen molar-refractivity contribution in [2.75, 3.05) is 26.2 Å². The fourth-order valence-electron chi connectivity index (χ4n) is 1.99. The molecule has 0 saturated carbocycles. The third kappa shape index (κ3) is 3.47. The van der Waals surface area contributed by atoms with Crippen LogP contribution in [0.3, 0.4) is 0 Å². The first-order valence-electron chi connectivity index (χ1n) is 5.69. The fourth-order valence-corrected chi connectivity index (χ4v) is 1.99. The van der Waals surface area contributed by atoms with E-state index in [1.807, 2.05) is 13.8 Å². The van der Waals surface area contributed by atoms with Crippen molar-refractivity contribution in [1.29, 1.82) is 0 Å². The van der Waals surface area contributed by atoms with Crippen molar-refractivity contribution in [2.24, 2.45) is 17.6 Å². The molecule has 3 unspecified atom stereocenters. The molecule has 4 heteroatoms. The van der Waals surface area contributed by atoms with E-state index in [2.05, 4.69) is 11.8 Å². The lowest BCUT2D eigenvalue weighted by Gasteiger charge is -2.19. The van der Waals surface area contributed by atoms with E-state index < -0.39 is 0 Å². The molecule has 2 N–H and O–H groups in total. The molecule has 1 heterocycles. The van der Waals surface area contributed by atoms with Crippen LogP contribution in [0.5, 0.6) is 0 Å². The molecule has 88 valence electrons. The average molecular weight is 214 g/mol. The molecule has 3 atom stereocenters. The summed E-state index contributed by atoms with van der Waals surface area (Å²) in [5.74, 6) is 0.368. The van der Waals surface area contributed by atoms with E-state index >= 15 is 0 Å². The minimum absolute atomic E-state index is 0.0533. The summed E-state index contributed by atoms with van der Waals surface area (Å²) < 4.78 is 4.97. The van der Waals surface area contributed by atoms with Gasteiger partial charge in [0.2, 0.25) is 0 Å². The first-order valence-corrected chi connectivity index (χ1v) is 5.69. The normalized spacial score (nSPS) is 29.1. The molecule has 1 aliphatic heterocycles. The summed E-state index contributed by atoms with van der Waals surface area (Å²) in [5.41, 5.74) is 5.92. The SMILES string of the molecule is CCOC(=O)C(C)CN1CC(C)C(N)C1. The second-order valence-corrected chi connectivity index (χ2v) is 4.51. The van der Waals surface area contributed by atoms with Gasteiger partial charge in [0.1, 0.15) is 0 Å². The molecule has 1 rings (SSSR count). The Balaban J connectivity index is 2.33. The zero-order valence-electron chi connectivity index (χ0n) is 9.90. The lowest BCUT2D eigenvalue weighted by molar-refractivity contribution is -0.147. The number of hydrogen-bond acceptors (Lipinski definition) is 4. The van der Waals surface area contributed by atoms with Crippen LogP contribution < -0.4 is 5.73 Å². The minimum atomic E-state index is -0.106. The zero-order chi connectivity index (χ0) is 11.4. The molecule has 0 bridgehead atoms. The molecular weight excluding hydrogens is 192 g/mol. The van der Waals surface area contributed by atoms with Gasteiger partial charge < -0.3 is 15.4 Å². The van der Waals surface area contributed by atoms with Crippen molar-refractivity contribution in [3.63, 3.8) is 0 Å². The minimum Gasteiger partial charge on any atom is -0.466 e. The number of nitrogens with zero attached hydrogens (tertiary/aromatic N) is 1. The Hall–Kier alpha value is -0.610. The van der Waals surface area contributed by atoms with Gasteiger partial charge >= 0.3 is 5.97 Å². The van der Waals surface area contributed by atoms with Gasteiger partial charge in [0, 0.05) is 25.7 Å². The van der Waals surface area contributed by atoms with Crippen LogP contribution in [-0.4, -0.2) is 43.2 Å². The van der Waals surface area contributed by atoms with E-state index in [1.54, 1.807) is 0 Å². The Morgan fingerprint density at radius 2 is 2.27 bits per heavy atom. The van der Waals surface area contributed by atoms with E-state index in [4.69, 9.17) is 10.5 Å². The molecule has 0 aromatic heterocycles. The number of nitrogens with two attached hydrogens (primary N) is 1. The number of ether oxygens (including phenoxy) is 1. The smallest absolute Gasteiger partial charge is 0.309 e. The van der Waals surface area contributed by atoms with E-state index in [9.17, 15) is 4.79 Å². The maximum absolute atomic E-state index is 11.4. The Labute approximate surface area is 91.8 Å². The average Bonchev–Trinajstić information content (AvgIpc) is 2.46. The Bertz CT molecular complexity index is 211. The van der Waals surface area contributed by atoms with Gasteiger partial charge in [-0.2, -0.15) is 0 Å². The molecule has 4 nitrogen and oxygen atoms in total. The summed E-state index contributed by atoms with van der Waals surface area (Å²) in [4.78, 5) is 13.7. The van der Waals surface area contributed by atoms with Crippen molar-refractivity contribution in [3.05, 3.63) is 0 Å². The van der Waals surface area contributed by atoms with Gasteiger partial charge in [-0.3, -0.25) is 4.79 Å². The van der Waals surface area contributed by atoms with Crippen LogP contribution in [0.25, 0.3) is 0 Å². The van der Waals surface area contributed by atoms with Gasteiger partial charge in [0.05, 0.1) is 12.5 Å². The molecule has 0 aromatic rings. The highest BCUT2D eigenvalue weighted by Gasteiger charge is 2.28. The standard InChI is InChI=1S/C11H22N2O2/c1-4-15-11(14)9(3)6-13-5-8(2)10(12)7-13/h8-10H,4-7,12H2,1-3H3. The molecule has 1 fully saturated rings. The Morgan fingerprint density at radius 3 is 2.73 bits per heavy atom. The molecule has 0 radical (unpaired) electrons. The number of carbonyl (C=O) groups is 1. The van der Waals surface area contributed by atoms with E-state index in [1.165, 1.54) is 0 Å². The number of likely N-dealkylation sites (tertiary alicyclic amines) is 1. The summed E-state index contributed by atoms with van der Waals surface area (Å²) in [7, 11) is 0. The van der Waals surface area contributed by atoms with Crippen LogP contribution in [0.15, 0.2) is 0 Å². The van der Waals surface area contributed by atoms with Crippen LogP contribution >= 0.6 is 0 Å². The predicted molar refractivity (Wildman–Crippen MR) is 59.4 cm³/mol. The fraction of sp³-hybridized carbons (Fsp3) is 0.909. The van der Waals surface area contributed by atoms with Crippen molar-refractivity contribution in [2.45, 2.75) is 26.8 Å². The van der Waals surface area contributed by atoms with Gasteiger partial charge in [-0.05, 0) is 12.8 Å². The molecule has 0 aliphatic carbocycles. The van der Waals surface area contributed by atoms with Gasteiger partial charge in [-0.25, -0.2) is 0 Å². The van der Waals surface area contributed by atoms with Crippen molar-refractivity contribution in [3.8, 4) is 0 Å². The first kappa shape index (κ1) is 12.5. The lowest BCUT2D eigenvalue weighted by Crippen LogP contribution is -2.33. The molecule has 1 saturated heterocycles. The van der Waals surface area contributed by atoms with Crippen LogP contribution in [0.2, 0.25) is 0 Å². The number of hydrogen-bond donors (Lipinski definition) is 1. The summed E-state index contributed by atoms with van der Waals surface area (Å²) in [5, 5.41) is 0. The maximum Gasteiger partial charge on any atom is 0.309 e. The van der Waals surface area contributed by atoms with E-state index in [0.29, 0.717) is 12.5 Å². The summed E-state index contributed by atoms with van der Waals surface area (Å²) in [6, 6.07) is 0.249. The molecule has 15 heavy (non-hydrogen) atoms. The highest BCUT2D eigenvalue weighted by Crippen LogP contribution is 2.16. The van der Waals surface area contributed by atoms with Crippen LogP contribution in [0.4, 0.5) is 0 Å². The summed E-state index contributed by atoms with van der Waals surface area (Å²) in [6.45, 7) is 9.00. The molecule has 0 aromatic carbocycles. The van der Waals surface area contributed by atoms with Crippen LogP contribution in [0, 0.1) is 11.8 Å². The highest BCUT2D eigenvalue weighted by atomic mass is 16.5. The number of rotatable bonds is 4. The Kier molecular flexibility index (Phi) is 4.54. The Morgan fingerprint density at radius 1 is 1.60 bits per heavy atom.